The van der Waals surface area contributed by atoms with Gasteiger partial charge in [-0.25, -0.2) is 10.2 Å². The van der Waals surface area contributed by atoms with E-state index in [1.807, 2.05) is 31.1 Å². The quantitative estimate of drug-likeness (QED) is 0.648. The molecule has 108 valence electrons. The lowest BCUT2D eigenvalue weighted by Crippen LogP contribution is -3.11. The van der Waals surface area contributed by atoms with Crippen molar-refractivity contribution in [2.24, 2.45) is 4.99 Å². The van der Waals surface area contributed by atoms with Gasteiger partial charge in [0, 0.05) is 30.7 Å². The number of quaternary nitrogens is 1. The van der Waals surface area contributed by atoms with Gasteiger partial charge in [0.05, 0.1) is 13.2 Å². The Balaban J connectivity index is 1.80. The number of ether oxygens (including phenoxy) is 1. The van der Waals surface area contributed by atoms with Gasteiger partial charge in [-0.05, 0) is 14.1 Å². The first-order chi connectivity index (χ1) is 9.63. The number of nitrogens with one attached hydrogen (secondary N) is 3. The van der Waals surface area contributed by atoms with Crippen LogP contribution < -0.4 is 20.7 Å². The van der Waals surface area contributed by atoms with E-state index in [0.717, 1.165) is 30.0 Å². The maximum atomic E-state index is 12.1. The first-order valence-electron chi connectivity index (χ1n) is 6.71. The molecule has 2 aliphatic heterocycles. The van der Waals surface area contributed by atoms with E-state index in [2.05, 4.69) is 15.7 Å². The van der Waals surface area contributed by atoms with Crippen molar-refractivity contribution in [3.8, 4) is 5.75 Å². The van der Waals surface area contributed by atoms with Crippen LogP contribution >= 0.6 is 0 Å². The second-order valence-corrected chi connectivity index (χ2v) is 5.22. The second-order valence-electron chi connectivity index (χ2n) is 5.22. The molecule has 0 amide bonds. The average Bonchev–Trinajstić information content (AvgIpc) is 2.83. The zero-order valence-electron chi connectivity index (χ0n) is 11.7. The Morgan fingerprint density at radius 2 is 2.30 bits per heavy atom. The molecule has 7 nitrogen and oxygen atoms in total. The van der Waals surface area contributed by atoms with Crippen molar-refractivity contribution in [1.29, 1.82) is 0 Å². The Kier molecular flexibility index (Phi) is 3.47. The normalized spacial score (nSPS) is 22.0. The van der Waals surface area contributed by atoms with Crippen LogP contribution in [0, 0.1) is 5.21 Å². The predicted molar refractivity (Wildman–Crippen MR) is 77.2 cm³/mol. The number of nitrogens with zero attached hydrogens (tertiary/aromatic N) is 2. The van der Waals surface area contributed by atoms with Crippen LogP contribution in [0.1, 0.15) is 5.56 Å². The lowest BCUT2D eigenvalue weighted by atomic mass is 10.1. The van der Waals surface area contributed by atoms with Crippen LogP contribution in [-0.2, 0) is 6.42 Å². The van der Waals surface area contributed by atoms with Gasteiger partial charge in [0.15, 0.2) is 5.69 Å². The fourth-order valence-electron chi connectivity index (χ4n) is 2.29. The average molecular weight is 277 g/mol. The predicted octanol–water partition coefficient (Wildman–Crippen LogP) is -0.517. The summed E-state index contributed by atoms with van der Waals surface area (Å²) in [4.78, 5) is 6.40. The first kappa shape index (κ1) is 13.2. The second kappa shape index (κ2) is 5.28. The van der Waals surface area contributed by atoms with E-state index in [0.29, 0.717) is 24.8 Å². The number of benzene rings is 1. The molecule has 1 atom stereocenters. The van der Waals surface area contributed by atoms with Crippen molar-refractivity contribution in [2.75, 3.05) is 39.1 Å². The molecule has 3 N–H and O–H groups in total. The Morgan fingerprint density at radius 3 is 3.10 bits per heavy atom. The molecule has 0 spiro atoms. The molecule has 0 saturated carbocycles. The Hall–Kier alpha value is -1.83. The molecule has 20 heavy (non-hydrogen) atoms. The van der Waals surface area contributed by atoms with Crippen molar-refractivity contribution >= 4 is 17.3 Å². The molecule has 0 radical (unpaired) electrons. The Labute approximate surface area is 117 Å². The van der Waals surface area contributed by atoms with Gasteiger partial charge >= 0.3 is 0 Å². The highest BCUT2D eigenvalue weighted by molar-refractivity contribution is 5.97. The first-order valence-corrected chi connectivity index (χ1v) is 6.71. The van der Waals surface area contributed by atoms with Crippen molar-refractivity contribution < 1.29 is 9.91 Å². The van der Waals surface area contributed by atoms with E-state index in [-0.39, 0.29) is 5.17 Å². The Morgan fingerprint density at radius 1 is 1.45 bits per heavy atom. The molecule has 3 rings (SSSR count). The van der Waals surface area contributed by atoms with E-state index in [9.17, 15) is 5.21 Å². The van der Waals surface area contributed by atoms with Crippen molar-refractivity contribution in [1.82, 2.24) is 10.3 Å². The molecular weight excluding hydrogens is 258 g/mol. The Bertz CT molecular complexity index is 544. The standard InChI is InChI=1S/C13H19N5O2/c1-17(2)5-4-14-13-15-10-8-12-9(3-6-20-12)7-11(10)18(19)16-13/h7-8,18H,3-6H2,1-2H3,(H2,14,15,16). The minimum Gasteiger partial charge on any atom is -0.603 e. The smallest absolute Gasteiger partial charge is 0.243 e. The molecule has 0 aliphatic carbocycles. The fourth-order valence-corrected chi connectivity index (χ4v) is 2.29. The van der Waals surface area contributed by atoms with Gasteiger partial charge < -0.3 is 20.2 Å². The van der Waals surface area contributed by atoms with Gasteiger partial charge in [0.1, 0.15) is 11.4 Å². The maximum absolute atomic E-state index is 12.1. The number of aliphatic imine (C=N–C) groups is 1. The third kappa shape index (κ3) is 2.55. The molecule has 2 aliphatic rings. The minimum atomic E-state index is -0.114. The van der Waals surface area contributed by atoms with E-state index < -0.39 is 0 Å². The van der Waals surface area contributed by atoms with Crippen molar-refractivity contribution in [3.63, 3.8) is 0 Å². The molecule has 2 heterocycles. The fraction of sp³-hybridized carbons (Fsp3) is 0.462. The zero-order chi connectivity index (χ0) is 14.1. The van der Waals surface area contributed by atoms with Crippen LogP contribution in [0.15, 0.2) is 17.1 Å². The lowest BCUT2D eigenvalue weighted by molar-refractivity contribution is -0.816. The van der Waals surface area contributed by atoms with Gasteiger partial charge in [-0.1, -0.05) is 0 Å². The van der Waals surface area contributed by atoms with Gasteiger partial charge in [-0.2, -0.15) is 5.43 Å². The van der Waals surface area contributed by atoms with Crippen LogP contribution in [0.25, 0.3) is 0 Å². The maximum Gasteiger partial charge on any atom is 0.243 e. The summed E-state index contributed by atoms with van der Waals surface area (Å²) in [5.74, 6) is 1.36. The van der Waals surface area contributed by atoms with E-state index in [4.69, 9.17) is 4.74 Å². The summed E-state index contributed by atoms with van der Waals surface area (Å²) in [6, 6.07) is 3.79. The molecule has 0 aromatic heterocycles. The highest BCUT2D eigenvalue weighted by atomic mass is 16.5. The molecule has 1 aromatic carbocycles. The van der Waals surface area contributed by atoms with Crippen LogP contribution in [0.2, 0.25) is 0 Å². The van der Waals surface area contributed by atoms with E-state index in [1.165, 1.54) is 0 Å². The largest absolute Gasteiger partial charge is 0.603 e. The molecular formula is C13H19N5O2. The summed E-state index contributed by atoms with van der Waals surface area (Å²) in [7, 11) is 3.98. The van der Waals surface area contributed by atoms with Crippen LogP contribution in [0.3, 0.4) is 0 Å². The summed E-state index contributed by atoms with van der Waals surface area (Å²) in [6.45, 7) is 2.15. The summed E-state index contributed by atoms with van der Waals surface area (Å²) >= 11 is 0. The summed E-state index contributed by atoms with van der Waals surface area (Å²) in [6.07, 6.45) is 0.861. The van der Waals surface area contributed by atoms with Crippen molar-refractivity contribution in [2.45, 2.75) is 6.42 Å². The topological polar surface area (TPSA) is 76.4 Å². The minimum absolute atomic E-state index is 0.114. The number of rotatable bonds is 3. The zero-order valence-corrected chi connectivity index (χ0v) is 11.7. The lowest BCUT2D eigenvalue weighted by Gasteiger charge is -2.30. The number of hydrogen-bond donors (Lipinski definition) is 3. The van der Waals surface area contributed by atoms with Gasteiger partial charge in [0.2, 0.25) is 5.96 Å². The highest BCUT2D eigenvalue weighted by Crippen LogP contribution is 2.33. The van der Waals surface area contributed by atoms with Gasteiger partial charge in [-0.15, -0.1) is 0 Å². The van der Waals surface area contributed by atoms with Crippen molar-refractivity contribution in [3.05, 3.63) is 22.9 Å². The summed E-state index contributed by atoms with van der Waals surface area (Å²) in [5.41, 5.74) is 5.29. The number of guanidine groups is 1. The summed E-state index contributed by atoms with van der Waals surface area (Å²) in [5, 5.41) is 15.1. The molecule has 1 aromatic rings. The third-order valence-corrected chi connectivity index (χ3v) is 3.38. The summed E-state index contributed by atoms with van der Waals surface area (Å²) < 4.78 is 5.53. The third-order valence-electron chi connectivity index (χ3n) is 3.38. The molecule has 7 heteroatoms. The van der Waals surface area contributed by atoms with Gasteiger partial charge in [0.25, 0.3) is 0 Å². The van der Waals surface area contributed by atoms with Gasteiger partial charge in [-0.3, -0.25) is 0 Å². The monoisotopic (exact) mass is 277 g/mol. The number of likely N-dealkylation sites (N-methyl/N-ethyl adjacent to an activating group) is 1. The SMILES string of the molecule is CN(C)CCN=C1Nc2cc3c(cc2[NH+]([O-])N1)CCO3. The number of anilines is 1. The van der Waals surface area contributed by atoms with E-state index in [1.54, 1.807) is 0 Å². The number of hydrogen-bond acceptors (Lipinski definition) is 4. The molecule has 0 bridgehead atoms. The van der Waals surface area contributed by atoms with E-state index >= 15 is 0 Å². The van der Waals surface area contributed by atoms with Crippen LogP contribution in [0.4, 0.5) is 11.4 Å². The number of fused-ring (bicyclic) bond motifs is 2. The van der Waals surface area contributed by atoms with Crippen LogP contribution in [0.5, 0.6) is 5.75 Å². The molecule has 0 saturated heterocycles. The highest BCUT2D eigenvalue weighted by Gasteiger charge is 2.24. The molecule has 1 unspecified atom stereocenters. The van der Waals surface area contributed by atoms with Crippen LogP contribution in [-0.4, -0.2) is 44.7 Å². The molecule has 0 fully saturated rings.